The number of ether oxygens (including phenoxy) is 2. The SMILES string of the molecule is Cc1ccc(NC(=O)C2CC2c2ccc3c(c2)OCCO3)cc1C. The average molecular weight is 323 g/mol. The number of fused-ring (bicyclic) bond motifs is 1. The van der Waals surface area contributed by atoms with Crippen LogP contribution in [0.25, 0.3) is 0 Å². The third-order valence-corrected chi connectivity index (χ3v) is 4.90. The van der Waals surface area contributed by atoms with Crippen LogP contribution in [0.5, 0.6) is 11.5 Å². The lowest BCUT2D eigenvalue weighted by Gasteiger charge is -2.18. The standard InChI is InChI=1S/C20H21NO3/c1-12-3-5-15(9-13(12)2)21-20(22)17-11-16(17)14-4-6-18-19(10-14)24-8-7-23-18/h3-6,9-10,16-17H,7-8,11H2,1-2H3,(H,21,22). The summed E-state index contributed by atoms with van der Waals surface area (Å²) in [5, 5.41) is 3.04. The highest BCUT2D eigenvalue weighted by Gasteiger charge is 2.44. The Morgan fingerprint density at radius 3 is 2.58 bits per heavy atom. The molecule has 124 valence electrons. The van der Waals surface area contributed by atoms with Gasteiger partial charge in [0.15, 0.2) is 11.5 Å². The van der Waals surface area contributed by atoms with E-state index >= 15 is 0 Å². The number of nitrogens with one attached hydrogen (secondary N) is 1. The van der Waals surface area contributed by atoms with E-state index in [1.165, 1.54) is 11.1 Å². The van der Waals surface area contributed by atoms with Crippen molar-refractivity contribution in [2.45, 2.75) is 26.2 Å². The summed E-state index contributed by atoms with van der Waals surface area (Å²) in [4.78, 5) is 12.5. The normalized spacial score (nSPS) is 21.2. The third kappa shape index (κ3) is 2.84. The van der Waals surface area contributed by atoms with Crippen molar-refractivity contribution in [3.8, 4) is 11.5 Å². The van der Waals surface area contributed by atoms with Crippen LogP contribution in [0.3, 0.4) is 0 Å². The second-order valence-corrected chi connectivity index (χ2v) is 6.64. The first-order valence-electron chi connectivity index (χ1n) is 8.39. The highest BCUT2D eigenvalue weighted by atomic mass is 16.6. The van der Waals surface area contributed by atoms with Crippen LogP contribution in [0.1, 0.15) is 29.0 Å². The Hall–Kier alpha value is -2.49. The molecule has 0 saturated heterocycles. The van der Waals surface area contributed by atoms with E-state index in [4.69, 9.17) is 9.47 Å². The van der Waals surface area contributed by atoms with Crippen molar-refractivity contribution < 1.29 is 14.3 Å². The van der Waals surface area contributed by atoms with Gasteiger partial charge in [-0.05, 0) is 67.1 Å². The largest absolute Gasteiger partial charge is 0.486 e. The molecule has 4 rings (SSSR count). The zero-order valence-corrected chi connectivity index (χ0v) is 14.0. The van der Waals surface area contributed by atoms with E-state index < -0.39 is 0 Å². The first-order valence-corrected chi connectivity index (χ1v) is 8.39. The summed E-state index contributed by atoms with van der Waals surface area (Å²) in [5.41, 5.74) is 4.44. The maximum Gasteiger partial charge on any atom is 0.228 e. The third-order valence-electron chi connectivity index (χ3n) is 4.90. The van der Waals surface area contributed by atoms with Crippen LogP contribution in [-0.4, -0.2) is 19.1 Å². The zero-order chi connectivity index (χ0) is 16.7. The molecule has 4 nitrogen and oxygen atoms in total. The molecule has 2 aromatic rings. The molecule has 1 N–H and O–H groups in total. The van der Waals surface area contributed by atoms with E-state index in [1.807, 2.05) is 36.4 Å². The van der Waals surface area contributed by atoms with Gasteiger partial charge in [-0.2, -0.15) is 0 Å². The summed E-state index contributed by atoms with van der Waals surface area (Å²) in [5.74, 6) is 1.99. The van der Waals surface area contributed by atoms with Gasteiger partial charge in [0.1, 0.15) is 13.2 Å². The lowest BCUT2D eigenvalue weighted by molar-refractivity contribution is -0.117. The summed E-state index contributed by atoms with van der Waals surface area (Å²) in [6.45, 7) is 5.30. The molecule has 1 amide bonds. The lowest BCUT2D eigenvalue weighted by atomic mass is 10.1. The number of aryl methyl sites for hydroxylation is 2. The van der Waals surface area contributed by atoms with Crippen LogP contribution in [0, 0.1) is 19.8 Å². The number of hydrogen-bond acceptors (Lipinski definition) is 3. The van der Waals surface area contributed by atoms with Crippen molar-refractivity contribution in [1.29, 1.82) is 0 Å². The molecule has 1 aliphatic carbocycles. The van der Waals surface area contributed by atoms with Crippen LogP contribution in [0.15, 0.2) is 36.4 Å². The summed E-state index contributed by atoms with van der Waals surface area (Å²) in [6.07, 6.45) is 0.885. The van der Waals surface area contributed by atoms with Crippen molar-refractivity contribution in [2.24, 2.45) is 5.92 Å². The summed E-state index contributed by atoms with van der Waals surface area (Å²) in [7, 11) is 0. The number of anilines is 1. The van der Waals surface area contributed by atoms with Crippen LogP contribution < -0.4 is 14.8 Å². The molecule has 0 aromatic heterocycles. The van der Waals surface area contributed by atoms with Crippen molar-refractivity contribution in [2.75, 3.05) is 18.5 Å². The van der Waals surface area contributed by atoms with Gasteiger partial charge >= 0.3 is 0 Å². The van der Waals surface area contributed by atoms with E-state index in [1.54, 1.807) is 0 Å². The number of hydrogen-bond donors (Lipinski definition) is 1. The van der Waals surface area contributed by atoms with Gasteiger partial charge in [-0.1, -0.05) is 12.1 Å². The molecular formula is C20H21NO3. The summed E-state index contributed by atoms with van der Waals surface area (Å²) >= 11 is 0. The predicted octanol–water partition coefficient (Wildman–Crippen LogP) is 3.82. The number of benzene rings is 2. The smallest absolute Gasteiger partial charge is 0.228 e. The molecule has 2 atom stereocenters. The second-order valence-electron chi connectivity index (χ2n) is 6.64. The van der Waals surface area contributed by atoms with E-state index in [9.17, 15) is 4.79 Å². The minimum Gasteiger partial charge on any atom is -0.486 e. The quantitative estimate of drug-likeness (QED) is 0.934. The van der Waals surface area contributed by atoms with Crippen molar-refractivity contribution in [3.05, 3.63) is 53.1 Å². The van der Waals surface area contributed by atoms with E-state index in [0.29, 0.717) is 13.2 Å². The Kier molecular flexibility index (Phi) is 3.68. The van der Waals surface area contributed by atoms with E-state index in [2.05, 4.69) is 19.2 Å². The molecule has 1 fully saturated rings. The number of carbonyl (C=O) groups is 1. The molecule has 1 heterocycles. The highest BCUT2D eigenvalue weighted by Crippen LogP contribution is 2.49. The maximum atomic E-state index is 12.5. The molecule has 2 aromatic carbocycles. The zero-order valence-electron chi connectivity index (χ0n) is 14.0. The van der Waals surface area contributed by atoms with Gasteiger partial charge in [0.2, 0.25) is 5.91 Å². The van der Waals surface area contributed by atoms with Gasteiger partial charge in [0, 0.05) is 11.6 Å². The topological polar surface area (TPSA) is 47.6 Å². The van der Waals surface area contributed by atoms with Gasteiger partial charge in [-0.15, -0.1) is 0 Å². The van der Waals surface area contributed by atoms with Crippen LogP contribution in [0.2, 0.25) is 0 Å². The predicted molar refractivity (Wildman–Crippen MR) is 92.8 cm³/mol. The van der Waals surface area contributed by atoms with Crippen molar-refractivity contribution in [3.63, 3.8) is 0 Å². The Balaban J connectivity index is 1.44. The molecule has 0 bridgehead atoms. The highest BCUT2D eigenvalue weighted by molar-refractivity contribution is 5.95. The molecule has 0 radical (unpaired) electrons. The first kappa shape index (κ1) is 15.1. The van der Waals surface area contributed by atoms with E-state index in [-0.39, 0.29) is 17.7 Å². The van der Waals surface area contributed by atoms with Crippen molar-refractivity contribution >= 4 is 11.6 Å². The molecule has 2 aliphatic rings. The Labute approximate surface area is 141 Å². The van der Waals surface area contributed by atoms with Gasteiger partial charge in [0.05, 0.1) is 0 Å². The van der Waals surface area contributed by atoms with Gasteiger partial charge < -0.3 is 14.8 Å². The minimum absolute atomic E-state index is 0.0363. The van der Waals surface area contributed by atoms with Crippen LogP contribution in [0.4, 0.5) is 5.69 Å². The van der Waals surface area contributed by atoms with Gasteiger partial charge in [-0.3, -0.25) is 4.79 Å². The number of amides is 1. The maximum absolute atomic E-state index is 12.5. The fraction of sp³-hybridized carbons (Fsp3) is 0.350. The van der Waals surface area contributed by atoms with Crippen LogP contribution in [-0.2, 0) is 4.79 Å². The number of rotatable bonds is 3. The first-order chi connectivity index (χ1) is 11.6. The fourth-order valence-corrected chi connectivity index (χ4v) is 3.20. The lowest BCUT2D eigenvalue weighted by Crippen LogP contribution is -2.16. The van der Waals surface area contributed by atoms with Gasteiger partial charge in [-0.25, -0.2) is 0 Å². The monoisotopic (exact) mass is 323 g/mol. The minimum atomic E-state index is 0.0363. The Morgan fingerprint density at radius 1 is 1.00 bits per heavy atom. The summed E-state index contributed by atoms with van der Waals surface area (Å²) < 4.78 is 11.2. The molecule has 4 heteroatoms. The summed E-state index contributed by atoms with van der Waals surface area (Å²) in [6, 6.07) is 12.0. The molecule has 2 unspecified atom stereocenters. The fourth-order valence-electron chi connectivity index (χ4n) is 3.20. The second kappa shape index (κ2) is 5.86. The molecule has 1 aliphatic heterocycles. The van der Waals surface area contributed by atoms with Gasteiger partial charge in [0.25, 0.3) is 0 Å². The van der Waals surface area contributed by atoms with Crippen LogP contribution >= 0.6 is 0 Å². The Bertz CT molecular complexity index is 799. The molecule has 24 heavy (non-hydrogen) atoms. The Morgan fingerprint density at radius 2 is 1.79 bits per heavy atom. The average Bonchev–Trinajstić information content (AvgIpc) is 3.38. The van der Waals surface area contributed by atoms with E-state index in [0.717, 1.165) is 29.2 Å². The van der Waals surface area contributed by atoms with Crippen molar-refractivity contribution in [1.82, 2.24) is 0 Å². The molecule has 1 saturated carbocycles. The molecule has 0 spiro atoms. The number of carbonyl (C=O) groups excluding carboxylic acids is 1. The molecular weight excluding hydrogens is 302 g/mol.